The van der Waals surface area contributed by atoms with Gasteiger partial charge in [-0.2, -0.15) is 0 Å². The molecule has 26 heavy (non-hydrogen) atoms. The zero-order chi connectivity index (χ0) is 18.3. The van der Waals surface area contributed by atoms with Gasteiger partial charge in [-0.05, 0) is 19.3 Å². The van der Waals surface area contributed by atoms with Crippen LogP contribution in [0.5, 0.6) is 0 Å². The lowest BCUT2D eigenvalue weighted by Gasteiger charge is -2.21. The molecule has 0 aromatic heterocycles. The minimum absolute atomic E-state index is 0. The molecule has 0 aromatic carbocycles. The van der Waals surface area contributed by atoms with Crippen LogP contribution in [0.2, 0.25) is 0 Å². The van der Waals surface area contributed by atoms with E-state index in [-0.39, 0.29) is 29.9 Å². The van der Waals surface area contributed by atoms with Gasteiger partial charge in [-0.25, -0.2) is 0 Å². The molecule has 0 radical (unpaired) electrons. The maximum absolute atomic E-state index is 11.0. The minimum Gasteiger partial charge on any atom is -0.469 e. The van der Waals surface area contributed by atoms with Crippen LogP contribution in [0, 0.1) is 5.92 Å². The monoisotopic (exact) mass is 485 g/mol. The van der Waals surface area contributed by atoms with E-state index in [1.54, 1.807) is 7.11 Å². The average Bonchev–Trinajstić information content (AvgIpc) is 3.09. The van der Waals surface area contributed by atoms with E-state index in [0.29, 0.717) is 25.6 Å². The molecule has 1 aliphatic rings. The summed E-state index contributed by atoms with van der Waals surface area (Å²) in [5, 5.41) is 3.44. The molecular weight excluding hydrogens is 449 g/mol. The molecule has 1 unspecified atom stereocenters. The molecule has 1 rings (SSSR count). The van der Waals surface area contributed by atoms with Crippen molar-refractivity contribution in [2.45, 2.75) is 38.5 Å². The normalized spacial score (nSPS) is 17.1. The van der Waals surface area contributed by atoms with Crippen molar-refractivity contribution < 1.29 is 19.0 Å². The number of aliphatic imine (C=N–C) groups is 1. The van der Waals surface area contributed by atoms with Crippen LogP contribution in [-0.2, 0) is 19.0 Å². The fourth-order valence-corrected chi connectivity index (χ4v) is 2.94. The Bertz CT molecular complexity index is 397. The zero-order valence-corrected chi connectivity index (χ0v) is 18.8. The van der Waals surface area contributed by atoms with Crippen LogP contribution in [-0.4, -0.2) is 77.6 Å². The van der Waals surface area contributed by atoms with Crippen LogP contribution in [0.4, 0.5) is 0 Å². The van der Waals surface area contributed by atoms with E-state index in [4.69, 9.17) is 9.47 Å². The van der Waals surface area contributed by atoms with Gasteiger partial charge in [0.15, 0.2) is 5.96 Å². The van der Waals surface area contributed by atoms with Crippen molar-refractivity contribution in [3.05, 3.63) is 0 Å². The maximum atomic E-state index is 11.0. The Morgan fingerprint density at radius 3 is 2.65 bits per heavy atom. The van der Waals surface area contributed by atoms with Crippen LogP contribution < -0.4 is 5.32 Å². The summed E-state index contributed by atoms with van der Waals surface area (Å²) in [5.74, 6) is 1.43. The molecule has 1 atom stereocenters. The molecule has 1 heterocycles. The Kier molecular flexibility index (Phi) is 16.2. The van der Waals surface area contributed by atoms with Gasteiger partial charge in [0.2, 0.25) is 0 Å². The van der Waals surface area contributed by atoms with Crippen LogP contribution in [0.25, 0.3) is 0 Å². The third-order valence-electron chi connectivity index (χ3n) is 4.40. The van der Waals surface area contributed by atoms with Crippen molar-refractivity contribution in [3.8, 4) is 0 Å². The van der Waals surface area contributed by atoms with Gasteiger partial charge in [0, 0.05) is 46.1 Å². The molecule has 8 heteroatoms. The SMILES string of the molecule is CN=C(NCCCCCCC(=O)OC)N1CCC(COCCOC)C1.I. The lowest BCUT2D eigenvalue weighted by molar-refractivity contribution is -0.140. The number of methoxy groups -OCH3 is 2. The highest BCUT2D eigenvalue weighted by Gasteiger charge is 2.24. The molecule has 0 aliphatic carbocycles. The molecule has 0 aromatic rings. The van der Waals surface area contributed by atoms with E-state index in [0.717, 1.165) is 64.3 Å². The number of carbonyl (C=O) groups excluding carboxylic acids is 1. The lowest BCUT2D eigenvalue weighted by Crippen LogP contribution is -2.40. The van der Waals surface area contributed by atoms with Crippen LogP contribution in [0.1, 0.15) is 38.5 Å². The highest BCUT2D eigenvalue weighted by Crippen LogP contribution is 2.16. The summed E-state index contributed by atoms with van der Waals surface area (Å²) in [6.45, 7) is 5.03. The molecule has 1 aliphatic heterocycles. The number of hydrogen-bond donors (Lipinski definition) is 1. The van der Waals surface area contributed by atoms with Crippen LogP contribution >= 0.6 is 24.0 Å². The van der Waals surface area contributed by atoms with Crippen molar-refractivity contribution in [1.82, 2.24) is 10.2 Å². The maximum Gasteiger partial charge on any atom is 0.305 e. The number of rotatable bonds is 12. The Labute approximate surface area is 175 Å². The highest BCUT2D eigenvalue weighted by molar-refractivity contribution is 14.0. The second-order valence-electron chi connectivity index (χ2n) is 6.38. The first kappa shape index (κ1) is 25.4. The summed E-state index contributed by atoms with van der Waals surface area (Å²) in [5.41, 5.74) is 0. The predicted molar refractivity (Wildman–Crippen MR) is 114 cm³/mol. The van der Waals surface area contributed by atoms with E-state index in [1.807, 2.05) is 7.05 Å². The van der Waals surface area contributed by atoms with Gasteiger partial charge >= 0.3 is 5.97 Å². The Balaban J connectivity index is 0.00000625. The summed E-state index contributed by atoms with van der Waals surface area (Å²) >= 11 is 0. The summed E-state index contributed by atoms with van der Waals surface area (Å²) in [6, 6.07) is 0. The molecule has 0 saturated carbocycles. The molecule has 1 fully saturated rings. The molecule has 1 N–H and O–H groups in total. The Morgan fingerprint density at radius 1 is 1.19 bits per heavy atom. The van der Waals surface area contributed by atoms with Crippen LogP contribution in [0.3, 0.4) is 0 Å². The molecule has 7 nitrogen and oxygen atoms in total. The first-order valence-corrected chi connectivity index (χ1v) is 9.30. The predicted octanol–water partition coefficient (Wildman–Crippen LogP) is 2.29. The Hall–Kier alpha value is -0.610. The quantitative estimate of drug-likeness (QED) is 0.150. The fourth-order valence-electron chi connectivity index (χ4n) is 2.94. The minimum atomic E-state index is -0.117. The second-order valence-corrected chi connectivity index (χ2v) is 6.38. The third-order valence-corrected chi connectivity index (χ3v) is 4.40. The van der Waals surface area contributed by atoms with Crippen molar-refractivity contribution >= 4 is 35.9 Å². The van der Waals surface area contributed by atoms with Gasteiger partial charge in [0.1, 0.15) is 0 Å². The van der Waals surface area contributed by atoms with E-state index in [2.05, 4.69) is 19.9 Å². The van der Waals surface area contributed by atoms with Crippen molar-refractivity contribution in [2.24, 2.45) is 10.9 Å². The van der Waals surface area contributed by atoms with E-state index >= 15 is 0 Å². The summed E-state index contributed by atoms with van der Waals surface area (Å²) in [6.07, 6.45) is 5.81. The first-order valence-electron chi connectivity index (χ1n) is 9.30. The topological polar surface area (TPSA) is 72.4 Å². The second kappa shape index (κ2) is 16.6. The number of unbranched alkanes of at least 4 members (excludes halogenated alkanes) is 3. The number of ether oxygens (including phenoxy) is 3. The molecule has 0 spiro atoms. The van der Waals surface area contributed by atoms with E-state index < -0.39 is 0 Å². The number of hydrogen-bond acceptors (Lipinski definition) is 5. The van der Waals surface area contributed by atoms with Gasteiger partial charge in [-0.3, -0.25) is 9.79 Å². The van der Waals surface area contributed by atoms with E-state index in [9.17, 15) is 4.79 Å². The van der Waals surface area contributed by atoms with Crippen LogP contribution in [0.15, 0.2) is 4.99 Å². The molecule has 1 saturated heterocycles. The van der Waals surface area contributed by atoms with Gasteiger partial charge < -0.3 is 24.4 Å². The third kappa shape index (κ3) is 11.2. The number of nitrogens with zero attached hydrogens (tertiary/aromatic N) is 2. The van der Waals surface area contributed by atoms with Crippen molar-refractivity contribution in [1.29, 1.82) is 0 Å². The number of nitrogens with one attached hydrogen (secondary N) is 1. The Morgan fingerprint density at radius 2 is 1.96 bits per heavy atom. The van der Waals surface area contributed by atoms with Gasteiger partial charge in [0.05, 0.1) is 26.9 Å². The first-order chi connectivity index (χ1) is 12.2. The zero-order valence-electron chi connectivity index (χ0n) is 16.5. The smallest absolute Gasteiger partial charge is 0.305 e. The summed E-state index contributed by atoms with van der Waals surface area (Å²) in [4.78, 5) is 17.7. The summed E-state index contributed by atoms with van der Waals surface area (Å²) < 4.78 is 15.3. The van der Waals surface area contributed by atoms with Gasteiger partial charge in [0.25, 0.3) is 0 Å². The number of guanidine groups is 1. The van der Waals surface area contributed by atoms with Gasteiger partial charge in [-0.1, -0.05) is 12.8 Å². The lowest BCUT2D eigenvalue weighted by atomic mass is 10.1. The largest absolute Gasteiger partial charge is 0.469 e. The van der Waals surface area contributed by atoms with Crippen molar-refractivity contribution in [2.75, 3.05) is 60.7 Å². The average molecular weight is 485 g/mol. The van der Waals surface area contributed by atoms with Crippen molar-refractivity contribution in [3.63, 3.8) is 0 Å². The fraction of sp³-hybridized carbons (Fsp3) is 0.889. The number of esters is 1. The number of likely N-dealkylation sites (tertiary alicyclic amines) is 1. The summed E-state index contributed by atoms with van der Waals surface area (Å²) in [7, 11) is 4.96. The molecule has 0 bridgehead atoms. The van der Waals surface area contributed by atoms with E-state index in [1.165, 1.54) is 7.11 Å². The number of carbonyl (C=O) groups is 1. The van der Waals surface area contributed by atoms with Gasteiger partial charge in [-0.15, -0.1) is 24.0 Å². The highest BCUT2D eigenvalue weighted by atomic mass is 127. The molecular formula is C18H36IN3O4. The number of halogens is 1. The molecule has 0 amide bonds. The molecule has 154 valence electrons. The standard InChI is InChI=1S/C18H35N3O4.HI/c1-19-18(20-10-7-5-4-6-8-17(22)24-3)21-11-9-16(14-21)15-25-13-12-23-2;/h16H,4-15H2,1-3H3,(H,19,20);1H.